The van der Waals surface area contributed by atoms with Crippen LogP contribution >= 0.6 is 0 Å². The Kier molecular flexibility index (Phi) is 3.34. The van der Waals surface area contributed by atoms with Crippen LogP contribution in [-0.4, -0.2) is 13.1 Å². The number of hydrogen-bond donors (Lipinski definition) is 0. The van der Waals surface area contributed by atoms with E-state index in [1.807, 2.05) is 6.08 Å². The summed E-state index contributed by atoms with van der Waals surface area (Å²) < 4.78 is 0. The highest BCUT2D eigenvalue weighted by molar-refractivity contribution is 5.85. The Labute approximate surface area is 117 Å². The molecule has 0 spiro atoms. The van der Waals surface area contributed by atoms with Crippen molar-refractivity contribution in [2.24, 2.45) is 5.41 Å². The summed E-state index contributed by atoms with van der Waals surface area (Å²) in [4.78, 5) is 2.41. The zero-order valence-electron chi connectivity index (χ0n) is 12.9. The monoisotopic (exact) mass is 255 g/mol. The van der Waals surface area contributed by atoms with E-state index >= 15 is 0 Å². The fourth-order valence-electron chi connectivity index (χ4n) is 3.14. The predicted molar refractivity (Wildman–Crippen MR) is 85.8 cm³/mol. The van der Waals surface area contributed by atoms with E-state index < -0.39 is 0 Å². The minimum Gasteiger partial charge on any atom is -0.371 e. The molecular weight excluding hydrogens is 230 g/mol. The normalized spacial score (nSPS) is 20.9. The SMILES string of the molecule is C=CC(=C)c1c(C)ccc2c1N(C)C(C)C(C)(C)C2. The number of aryl methyl sites for hydroxylation is 1. The molecule has 0 radical (unpaired) electrons. The van der Waals surface area contributed by atoms with Crippen LogP contribution in [0.2, 0.25) is 0 Å². The fourth-order valence-corrected chi connectivity index (χ4v) is 3.14. The average Bonchev–Trinajstić information content (AvgIpc) is 2.36. The molecule has 1 aromatic rings. The summed E-state index contributed by atoms with van der Waals surface area (Å²) in [6.45, 7) is 17.2. The van der Waals surface area contributed by atoms with Gasteiger partial charge in [0, 0.05) is 24.3 Å². The zero-order chi connectivity index (χ0) is 14.4. The van der Waals surface area contributed by atoms with Gasteiger partial charge in [-0.2, -0.15) is 0 Å². The van der Waals surface area contributed by atoms with Crippen LogP contribution in [0.5, 0.6) is 0 Å². The third-order valence-corrected chi connectivity index (χ3v) is 4.75. The van der Waals surface area contributed by atoms with Crippen LogP contribution < -0.4 is 4.90 Å². The highest BCUT2D eigenvalue weighted by Gasteiger charge is 2.36. The zero-order valence-corrected chi connectivity index (χ0v) is 12.9. The van der Waals surface area contributed by atoms with E-state index in [4.69, 9.17) is 0 Å². The van der Waals surface area contributed by atoms with Gasteiger partial charge >= 0.3 is 0 Å². The molecule has 0 N–H and O–H groups in total. The van der Waals surface area contributed by atoms with Gasteiger partial charge in [0.05, 0.1) is 0 Å². The lowest BCUT2D eigenvalue weighted by atomic mass is 9.74. The van der Waals surface area contributed by atoms with Crippen molar-refractivity contribution in [3.63, 3.8) is 0 Å². The van der Waals surface area contributed by atoms with E-state index in [0.717, 1.165) is 12.0 Å². The second-order valence-corrected chi connectivity index (χ2v) is 6.45. The van der Waals surface area contributed by atoms with Crippen molar-refractivity contribution in [1.82, 2.24) is 0 Å². The molecule has 1 unspecified atom stereocenters. The quantitative estimate of drug-likeness (QED) is 0.698. The lowest BCUT2D eigenvalue weighted by Crippen LogP contribution is -2.46. The number of rotatable bonds is 2. The van der Waals surface area contributed by atoms with Gasteiger partial charge in [-0.15, -0.1) is 0 Å². The first-order valence-corrected chi connectivity index (χ1v) is 6.96. The molecular formula is C18H25N. The summed E-state index contributed by atoms with van der Waals surface area (Å²) in [6, 6.07) is 5.00. The molecule has 0 saturated carbocycles. The van der Waals surface area contributed by atoms with Crippen LogP contribution in [0.15, 0.2) is 31.4 Å². The predicted octanol–water partition coefficient (Wildman–Crippen LogP) is 4.60. The lowest BCUT2D eigenvalue weighted by Gasteiger charge is -2.46. The lowest BCUT2D eigenvalue weighted by molar-refractivity contribution is 0.278. The number of nitrogens with zero attached hydrogens (tertiary/aromatic N) is 1. The molecule has 0 aliphatic carbocycles. The standard InChI is InChI=1S/C18H25N/c1-8-12(2)16-13(3)9-10-15-11-18(5,6)14(4)19(7)17(15)16/h8-10,14H,1-2,11H2,3-7H3. The molecule has 0 saturated heterocycles. The Hall–Kier alpha value is -1.50. The largest absolute Gasteiger partial charge is 0.371 e. The number of benzene rings is 1. The van der Waals surface area contributed by atoms with Crippen LogP contribution in [-0.2, 0) is 6.42 Å². The van der Waals surface area contributed by atoms with E-state index in [1.165, 1.54) is 22.4 Å². The van der Waals surface area contributed by atoms with Gasteiger partial charge in [-0.3, -0.25) is 0 Å². The van der Waals surface area contributed by atoms with Gasteiger partial charge in [0.15, 0.2) is 0 Å². The number of hydrogen-bond acceptors (Lipinski definition) is 1. The number of anilines is 1. The molecule has 2 rings (SSSR count). The maximum absolute atomic E-state index is 4.16. The summed E-state index contributed by atoms with van der Waals surface area (Å²) >= 11 is 0. The maximum atomic E-state index is 4.16. The Morgan fingerprint density at radius 3 is 2.63 bits per heavy atom. The first-order valence-electron chi connectivity index (χ1n) is 6.96. The van der Waals surface area contributed by atoms with Gasteiger partial charge in [0.1, 0.15) is 0 Å². The minimum absolute atomic E-state index is 0.295. The van der Waals surface area contributed by atoms with Crippen LogP contribution in [0.25, 0.3) is 5.57 Å². The molecule has 0 amide bonds. The molecule has 19 heavy (non-hydrogen) atoms. The van der Waals surface area contributed by atoms with Gasteiger partial charge in [-0.25, -0.2) is 0 Å². The summed E-state index contributed by atoms with van der Waals surface area (Å²) in [5.74, 6) is 0. The molecule has 0 fully saturated rings. The fraction of sp³-hybridized carbons (Fsp3) is 0.444. The molecule has 102 valence electrons. The molecule has 0 aromatic heterocycles. The summed E-state index contributed by atoms with van der Waals surface area (Å²) in [7, 11) is 2.20. The van der Waals surface area contributed by atoms with Crippen molar-refractivity contribution in [1.29, 1.82) is 0 Å². The second kappa shape index (κ2) is 4.56. The molecule has 1 nitrogen and oxygen atoms in total. The van der Waals surface area contributed by atoms with Crippen molar-refractivity contribution < 1.29 is 0 Å². The average molecular weight is 255 g/mol. The molecule has 1 aromatic carbocycles. The van der Waals surface area contributed by atoms with Crippen LogP contribution in [0.1, 0.15) is 37.5 Å². The minimum atomic E-state index is 0.295. The third kappa shape index (κ3) is 2.11. The van der Waals surface area contributed by atoms with E-state index in [-0.39, 0.29) is 0 Å². The van der Waals surface area contributed by atoms with E-state index in [9.17, 15) is 0 Å². The van der Waals surface area contributed by atoms with Gasteiger partial charge < -0.3 is 4.90 Å². The molecule has 0 bridgehead atoms. The maximum Gasteiger partial charge on any atom is 0.0481 e. The van der Waals surface area contributed by atoms with Gasteiger partial charge in [0.25, 0.3) is 0 Å². The molecule has 1 heteroatoms. The Balaban J connectivity index is 2.69. The van der Waals surface area contributed by atoms with E-state index in [0.29, 0.717) is 11.5 Å². The second-order valence-electron chi connectivity index (χ2n) is 6.45. The molecule has 1 atom stereocenters. The first-order chi connectivity index (χ1) is 8.79. The smallest absolute Gasteiger partial charge is 0.0481 e. The Morgan fingerprint density at radius 2 is 2.05 bits per heavy atom. The van der Waals surface area contributed by atoms with E-state index in [1.54, 1.807) is 0 Å². The van der Waals surface area contributed by atoms with Gasteiger partial charge in [0.2, 0.25) is 0 Å². The van der Waals surface area contributed by atoms with E-state index in [2.05, 4.69) is 64.9 Å². The highest BCUT2D eigenvalue weighted by atomic mass is 15.2. The Bertz CT molecular complexity index is 537. The van der Waals surface area contributed by atoms with Crippen molar-refractivity contribution in [3.05, 3.63) is 48.1 Å². The van der Waals surface area contributed by atoms with Crippen molar-refractivity contribution in [2.45, 2.75) is 40.2 Å². The molecule has 1 aliphatic heterocycles. The number of allylic oxidation sites excluding steroid dienone is 2. The first kappa shape index (κ1) is 13.9. The topological polar surface area (TPSA) is 3.24 Å². The summed E-state index contributed by atoms with van der Waals surface area (Å²) in [5, 5.41) is 0. The molecule has 1 heterocycles. The van der Waals surface area contributed by atoms with Crippen LogP contribution in [0.3, 0.4) is 0 Å². The summed E-state index contributed by atoms with van der Waals surface area (Å²) in [5.41, 5.74) is 6.63. The van der Waals surface area contributed by atoms with Crippen LogP contribution in [0.4, 0.5) is 5.69 Å². The van der Waals surface area contributed by atoms with Crippen molar-refractivity contribution >= 4 is 11.3 Å². The van der Waals surface area contributed by atoms with Crippen LogP contribution in [0, 0.1) is 12.3 Å². The number of fused-ring (bicyclic) bond motifs is 1. The van der Waals surface area contributed by atoms with Crippen molar-refractivity contribution in [3.8, 4) is 0 Å². The molecule has 1 aliphatic rings. The Morgan fingerprint density at radius 1 is 1.42 bits per heavy atom. The van der Waals surface area contributed by atoms with Gasteiger partial charge in [-0.1, -0.05) is 45.2 Å². The third-order valence-electron chi connectivity index (χ3n) is 4.75. The van der Waals surface area contributed by atoms with Crippen molar-refractivity contribution in [2.75, 3.05) is 11.9 Å². The summed E-state index contributed by atoms with van der Waals surface area (Å²) in [6.07, 6.45) is 2.98. The highest BCUT2D eigenvalue weighted by Crippen LogP contribution is 2.44. The van der Waals surface area contributed by atoms with Gasteiger partial charge in [-0.05, 0) is 42.4 Å².